The number of nitrogens with zero attached hydrogens (tertiary/aromatic N) is 2. The molecular formula is C14H30N4O. The number of carbonyl (C=O) groups excluding carboxylic acids is 1. The fourth-order valence-electron chi connectivity index (χ4n) is 2.45. The van der Waals surface area contributed by atoms with Crippen LogP contribution in [0, 0.1) is 0 Å². The highest BCUT2D eigenvalue weighted by Gasteiger charge is 2.27. The van der Waals surface area contributed by atoms with Crippen LogP contribution in [0.2, 0.25) is 0 Å². The van der Waals surface area contributed by atoms with Gasteiger partial charge < -0.3 is 16.0 Å². The topological polar surface area (TPSA) is 61.6 Å². The molecule has 112 valence electrons. The van der Waals surface area contributed by atoms with Crippen LogP contribution in [-0.4, -0.2) is 66.6 Å². The SMILES string of the molecule is CC1CN(C(CN)CC(=O)NC(C)(C)C)CCN1C. The van der Waals surface area contributed by atoms with E-state index in [0.29, 0.717) is 19.0 Å². The molecule has 5 nitrogen and oxygen atoms in total. The van der Waals surface area contributed by atoms with Crippen molar-refractivity contribution in [3.05, 3.63) is 0 Å². The minimum atomic E-state index is -0.175. The van der Waals surface area contributed by atoms with Crippen molar-refractivity contribution in [3.63, 3.8) is 0 Å². The fourth-order valence-corrected chi connectivity index (χ4v) is 2.45. The molecule has 1 heterocycles. The molecule has 1 aliphatic heterocycles. The van der Waals surface area contributed by atoms with Crippen molar-refractivity contribution >= 4 is 5.91 Å². The first kappa shape index (κ1) is 16.4. The van der Waals surface area contributed by atoms with Crippen molar-refractivity contribution in [3.8, 4) is 0 Å². The molecule has 5 heteroatoms. The Labute approximate surface area is 117 Å². The normalized spacial score (nSPS) is 24.2. The lowest BCUT2D eigenvalue weighted by molar-refractivity contribution is -0.124. The van der Waals surface area contributed by atoms with E-state index in [1.54, 1.807) is 0 Å². The average Bonchev–Trinajstić information content (AvgIpc) is 2.27. The number of piperazine rings is 1. The molecule has 1 aliphatic rings. The van der Waals surface area contributed by atoms with Gasteiger partial charge in [-0.2, -0.15) is 0 Å². The molecule has 0 aliphatic carbocycles. The molecule has 0 aromatic heterocycles. The van der Waals surface area contributed by atoms with Crippen molar-refractivity contribution in [1.29, 1.82) is 0 Å². The third kappa shape index (κ3) is 5.47. The Morgan fingerprint density at radius 2 is 2.05 bits per heavy atom. The number of carbonyl (C=O) groups is 1. The van der Waals surface area contributed by atoms with Gasteiger partial charge in [-0.3, -0.25) is 9.69 Å². The largest absolute Gasteiger partial charge is 0.351 e. The van der Waals surface area contributed by atoms with Gasteiger partial charge in [0.25, 0.3) is 0 Å². The van der Waals surface area contributed by atoms with Crippen molar-refractivity contribution in [2.45, 2.75) is 51.7 Å². The van der Waals surface area contributed by atoms with Crippen LogP contribution < -0.4 is 11.1 Å². The summed E-state index contributed by atoms with van der Waals surface area (Å²) in [7, 11) is 2.14. The minimum Gasteiger partial charge on any atom is -0.351 e. The number of hydrogen-bond donors (Lipinski definition) is 2. The molecule has 0 spiro atoms. The van der Waals surface area contributed by atoms with Gasteiger partial charge in [-0.1, -0.05) is 0 Å². The zero-order valence-corrected chi connectivity index (χ0v) is 13.1. The second-order valence-electron chi connectivity index (χ2n) is 6.72. The zero-order chi connectivity index (χ0) is 14.6. The van der Waals surface area contributed by atoms with Gasteiger partial charge in [-0.15, -0.1) is 0 Å². The molecule has 0 aromatic rings. The number of rotatable bonds is 4. The molecular weight excluding hydrogens is 240 g/mol. The number of hydrogen-bond acceptors (Lipinski definition) is 4. The van der Waals surface area contributed by atoms with E-state index in [2.05, 4.69) is 29.1 Å². The Kier molecular flexibility index (Phi) is 5.77. The number of nitrogens with two attached hydrogens (primary N) is 1. The van der Waals surface area contributed by atoms with Gasteiger partial charge in [0.2, 0.25) is 5.91 Å². The van der Waals surface area contributed by atoms with E-state index in [4.69, 9.17) is 5.73 Å². The summed E-state index contributed by atoms with van der Waals surface area (Å²) in [5.41, 5.74) is 5.69. The molecule has 1 fully saturated rings. The number of amides is 1. The predicted octanol–water partition coefficient (Wildman–Crippen LogP) is 0.254. The molecule has 0 aromatic carbocycles. The molecule has 2 unspecified atom stereocenters. The first-order valence-corrected chi connectivity index (χ1v) is 7.18. The quantitative estimate of drug-likeness (QED) is 0.769. The van der Waals surface area contributed by atoms with Gasteiger partial charge >= 0.3 is 0 Å². The summed E-state index contributed by atoms with van der Waals surface area (Å²) in [5, 5.41) is 3.01. The lowest BCUT2D eigenvalue weighted by Gasteiger charge is -2.41. The summed E-state index contributed by atoms with van der Waals surface area (Å²) in [4.78, 5) is 16.7. The van der Waals surface area contributed by atoms with E-state index in [9.17, 15) is 4.79 Å². The molecule has 0 bridgehead atoms. The molecule has 3 N–H and O–H groups in total. The molecule has 1 amide bonds. The van der Waals surface area contributed by atoms with Crippen LogP contribution in [0.25, 0.3) is 0 Å². The van der Waals surface area contributed by atoms with Crippen molar-refractivity contribution in [1.82, 2.24) is 15.1 Å². The van der Waals surface area contributed by atoms with E-state index in [-0.39, 0.29) is 17.5 Å². The summed E-state index contributed by atoms with van der Waals surface area (Å²) in [6, 6.07) is 0.673. The second kappa shape index (κ2) is 6.68. The van der Waals surface area contributed by atoms with Crippen LogP contribution in [0.4, 0.5) is 0 Å². The Hall–Kier alpha value is -0.650. The third-order valence-corrected chi connectivity index (χ3v) is 3.72. The van der Waals surface area contributed by atoms with Crippen LogP contribution in [0.15, 0.2) is 0 Å². The summed E-state index contributed by atoms with van der Waals surface area (Å²) in [6.07, 6.45) is 0.490. The van der Waals surface area contributed by atoms with Gasteiger partial charge in [0.1, 0.15) is 0 Å². The maximum atomic E-state index is 12.0. The maximum Gasteiger partial charge on any atom is 0.222 e. The van der Waals surface area contributed by atoms with E-state index in [1.165, 1.54) is 0 Å². The number of likely N-dealkylation sites (N-methyl/N-ethyl adjacent to an activating group) is 1. The van der Waals surface area contributed by atoms with Gasteiger partial charge in [0.05, 0.1) is 0 Å². The van der Waals surface area contributed by atoms with Crippen LogP contribution in [0.5, 0.6) is 0 Å². The van der Waals surface area contributed by atoms with E-state index in [1.807, 2.05) is 20.8 Å². The van der Waals surface area contributed by atoms with Crippen molar-refractivity contribution < 1.29 is 4.79 Å². The second-order valence-corrected chi connectivity index (χ2v) is 6.72. The monoisotopic (exact) mass is 270 g/mol. The Morgan fingerprint density at radius 1 is 1.42 bits per heavy atom. The third-order valence-electron chi connectivity index (χ3n) is 3.72. The first-order valence-electron chi connectivity index (χ1n) is 7.18. The van der Waals surface area contributed by atoms with Gasteiger partial charge in [-0.25, -0.2) is 0 Å². The highest BCUT2D eigenvalue weighted by atomic mass is 16.1. The Morgan fingerprint density at radius 3 is 2.53 bits per heavy atom. The van der Waals surface area contributed by atoms with E-state index < -0.39 is 0 Å². The van der Waals surface area contributed by atoms with Crippen molar-refractivity contribution in [2.24, 2.45) is 5.73 Å². The molecule has 0 saturated carbocycles. The van der Waals surface area contributed by atoms with Crippen LogP contribution >= 0.6 is 0 Å². The van der Waals surface area contributed by atoms with Crippen LogP contribution in [0.1, 0.15) is 34.1 Å². The van der Waals surface area contributed by atoms with E-state index >= 15 is 0 Å². The zero-order valence-electron chi connectivity index (χ0n) is 13.1. The minimum absolute atomic E-state index is 0.0922. The van der Waals surface area contributed by atoms with Gasteiger partial charge in [-0.05, 0) is 34.7 Å². The van der Waals surface area contributed by atoms with Crippen molar-refractivity contribution in [2.75, 3.05) is 33.2 Å². The Balaban J connectivity index is 2.51. The lowest BCUT2D eigenvalue weighted by atomic mass is 10.1. The molecule has 1 saturated heterocycles. The molecule has 19 heavy (non-hydrogen) atoms. The predicted molar refractivity (Wildman–Crippen MR) is 79.0 cm³/mol. The maximum absolute atomic E-state index is 12.0. The Bertz CT molecular complexity index is 300. The van der Waals surface area contributed by atoms with Crippen LogP contribution in [0.3, 0.4) is 0 Å². The molecule has 2 atom stereocenters. The standard InChI is InChI=1S/C14H30N4O/c1-11-10-18(7-6-17(11)5)12(9-15)8-13(19)16-14(2,3)4/h11-12H,6-10,15H2,1-5H3,(H,16,19). The van der Waals surface area contributed by atoms with E-state index in [0.717, 1.165) is 19.6 Å². The summed E-state index contributed by atoms with van der Waals surface area (Å²) >= 11 is 0. The van der Waals surface area contributed by atoms with Crippen LogP contribution in [-0.2, 0) is 4.79 Å². The first-order chi connectivity index (χ1) is 8.73. The average molecular weight is 270 g/mol. The van der Waals surface area contributed by atoms with Gasteiger partial charge in [0, 0.05) is 50.2 Å². The highest BCUT2D eigenvalue weighted by molar-refractivity contribution is 5.77. The van der Waals surface area contributed by atoms with Gasteiger partial charge in [0.15, 0.2) is 0 Å². The molecule has 1 rings (SSSR count). The highest BCUT2D eigenvalue weighted by Crippen LogP contribution is 2.13. The lowest BCUT2D eigenvalue weighted by Crippen LogP contribution is -2.56. The summed E-state index contributed by atoms with van der Waals surface area (Å²) in [6.45, 7) is 11.8. The smallest absolute Gasteiger partial charge is 0.222 e. The number of nitrogens with one attached hydrogen (secondary N) is 1. The summed E-state index contributed by atoms with van der Waals surface area (Å²) < 4.78 is 0. The summed E-state index contributed by atoms with van der Waals surface area (Å²) in [5.74, 6) is 0.0922. The molecule has 0 radical (unpaired) electrons. The fraction of sp³-hybridized carbons (Fsp3) is 0.929.